The molecule has 2 aliphatic rings. The molecule has 2 aromatic rings. The second-order valence-corrected chi connectivity index (χ2v) is 12.5. The molecule has 1 N–H and O–H groups in total. The number of hydrogen-bond acceptors (Lipinski definition) is 4. The van der Waals surface area contributed by atoms with Gasteiger partial charge in [0.2, 0.25) is 15.5 Å². The maximum absolute atomic E-state index is 15.7. The van der Waals surface area contributed by atoms with Crippen molar-refractivity contribution < 1.29 is 26.7 Å². The molecule has 4 rings (SSSR count). The number of nitrogens with one attached hydrogen (secondary N) is 1. The van der Waals surface area contributed by atoms with E-state index in [9.17, 15) is 17.6 Å². The molecular weight excluding hydrogens is 474 g/mol. The van der Waals surface area contributed by atoms with Crippen LogP contribution in [0.1, 0.15) is 46.1 Å². The van der Waals surface area contributed by atoms with Gasteiger partial charge in [0.1, 0.15) is 11.4 Å². The van der Waals surface area contributed by atoms with Gasteiger partial charge in [0, 0.05) is 17.5 Å². The Bertz CT molecular complexity index is 1190. The Labute approximate surface area is 205 Å². The van der Waals surface area contributed by atoms with Crippen molar-refractivity contribution in [3.63, 3.8) is 0 Å². The van der Waals surface area contributed by atoms with Crippen LogP contribution in [0.25, 0.3) is 11.1 Å². The molecule has 1 saturated heterocycles. The molecule has 0 aromatic heterocycles. The maximum Gasteiger partial charge on any atom is 0.410 e. The van der Waals surface area contributed by atoms with E-state index in [1.54, 1.807) is 39.0 Å². The first-order valence-corrected chi connectivity index (χ1v) is 13.4. The number of alkyl halides is 1. The number of benzene rings is 2. The Kier molecular flexibility index (Phi) is 6.70. The molecule has 1 heterocycles. The van der Waals surface area contributed by atoms with Crippen molar-refractivity contribution in [3.8, 4) is 11.1 Å². The van der Waals surface area contributed by atoms with E-state index < -0.39 is 50.5 Å². The highest BCUT2D eigenvalue weighted by Crippen LogP contribution is 2.56. The summed E-state index contributed by atoms with van der Waals surface area (Å²) in [6, 6.07) is 12.7. The fraction of sp³-hybridized carbons (Fsp3) is 0.500. The van der Waals surface area contributed by atoms with Crippen LogP contribution >= 0.6 is 0 Å². The van der Waals surface area contributed by atoms with Crippen molar-refractivity contribution in [2.75, 3.05) is 6.54 Å². The van der Waals surface area contributed by atoms with Crippen molar-refractivity contribution in [1.82, 2.24) is 9.62 Å². The first kappa shape index (κ1) is 25.6. The van der Waals surface area contributed by atoms with Crippen LogP contribution in [0.3, 0.4) is 0 Å². The summed E-state index contributed by atoms with van der Waals surface area (Å²) in [6.07, 6.45) is 0.830. The molecule has 9 heteroatoms. The van der Waals surface area contributed by atoms with E-state index in [0.717, 1.165) is 6.92 Å². The smallest absolute Gasteiger partial charge is 0.410 e. The predicted octanol–water partition coefficient (Wildman–Crippen LogP) is 5.04. The molecule has 2 aromatic carbocycles. The normalized spacial score (nSPS) is 22.3. The molecule has 1 saturated carbocycles. The molecular formula is C26H32F2N2O4S. The van der Waals surface area contributed by atoms with E-state index in [4.69, 9.17) is 4.74 Å². The van der Waals surface area contributed by atoms with Gasteiger partial charge in [0.25, 0.3) is 0 Å². The Morgan fingerprint density at radius 1 is 1.17 bits per heavy atom. The lowest BCUT2D eigenvalue weighted by Gasteiger charge is -2.31. The van der Waals surface area contributed by atoms with Crippen LogP contribution in [0.2, 0.25) is 0 Å². The van der Waals surface area contributed by atoms with E-state index in [0.29, 0.717) is 29.5 Å². The number of nitrogens with zero attached hydrogens (tertiary/aromatic N) is 1. The van der Waals surface area contributed by atoms with Gasteiger partial charge in [-0.1, -0.05) is 48.5 Å². The van der Waals surface area contributed by atoms with Crippen molar-refractivity contribution in [3.05, 3.63) is 59.9 Å². The van der Waals surface area contributed by atoms with Crippen LogP contribution in [-0.2, 0) is 21.2 Å². The SMILES string of the molecule is CC(F)S(=O)(=O)NC1C(Cc2cccc(-c3ccccc3)c2F)N(C(=O)OC(C)(C)C)CC12CC2. The summed E-state index contributed by atoms with van der Waals surface area (Å²) in [7, 11) is -4.27. The number of halogens is 2. The van der Waals surface area contributed by atoms with Crippen LogP contribution in [0, 0.1) is 11.2 Å². The molecule has 1 aliphatic heterocycles. The Morgan fingerprint density at radius 3 is 2.40 bits per heavy atom. The van der Waals surface area contributed by atoms with Gasteiger partial charge in [0.15, 0.2) is 0 Å². The van der Waals surface area contributed by atoms with Crippen LogP contribution < -0.4 is 4.72 Å². The van der Waals surface area contributed by atoms with Gasteiger partial charge in [-0.3, -0.25) is 0 Å². The third kappa shape index (κ3) is 5.35. The van der Waals surface area contributed by atoms with Crippen LogP contribution in [0.4, 0.5) is 13.6 Å². The average molecular weight is 507 g/mol. The second-order valence-electron chi connectivity index (χ2n) is 10.6. The lowest BCUT2D eigenvalue weighted by atomic mass is 9.91. The second kappa shape index (κ2) is 9.17. The minimum Gasteiger partial charge on any atom is -0.444 e. The summed E-state index contributed by atoms with van der Waals surface area (Å²) in [5.74, 6) is -0.431. The van der Waals surface area contributed by atoms with E-state index >= 15 is 4.39 Å². The number of carbonyl (C=O) groups is 1. The number of hydrogen-bond donors (Lipinski definition) is 1. The van der Waals surface area contributed by atoms with Crippen LogP contribution in [0.15, 0.2) is 48.5 Å². The lowest BCUT2D eigenvalue weighted by molar-refractivity contribution is 0.0213. The molecule has 1 aliphatic carbocycles. The highest BCUT2D eigenvalue weighted by Gasteiger charge is 2.62. The fourth-order valence-corrected chi connectivity index (χ4v) is 5.75. The van der Waals surface area contributed by atoms with Crippen molar-refractivity contribution >= 4 is 16.1 Å². The third-order valence-corrected chi connectivity index (χ3v) is 8.20. The first-order valence-electron chi connectivity index (χ1n) is 11.8. The van der Waals surface area contributed by atoms with Crippen LogP contribution in [-0.4, -0.2) is 49.1 Å². The molecule has 3 unspecified atom stereocenters. The molecule has 0 bridgehead atoms. The van der Waals surface area contributed by atoms with Gasteiger partial charge in [-0.05, 0) is 58.1 Å². The Balaban J connectivity index is 1.72. The molecule has 35 heavy (non-hydrogen) atoms. The fourth-order valence-electron chi connectivity index (χ4n) is 4.80. The summed E-state index contributed by atoms with van der Waals surface area (Å²) in [6.45, 7) is 6.46. The number of carbonyl (C=O) groups excluding carboxylic acids is 1. The summed E-state index contributed by atoms with van der Waals surface area (Å²) in [4.78, 5) is 14.6. The maximum atomic E-state index is 15.7. The van der Waals surface area contributed by atoms with Crippen molar-refractivity contribution in [2.45, 2.75) is 70.1 Å². The topological polar surface area (TPSA) is 75.7 Å². The monoisotopic (exact) mass is 506 g/mol. The van der Waals surface area contributed by atoms with Gasteiger partial charge in [-0.15, -0.1) is 0 Å². The van der Waals surface area contributed by atoms with E-state index in [1.807, 2.05) is 30.3 Å². The Hall–Kier alpha value is -2.52. The average Bonchev–Trinajstić information content (AvgIpc) is 3.49. The van der Waals surface area contributed by atoms with Gasteiger partial charge in [-0.2, -0.15) is 0 Å². The minimum absolute atomic E-state index is 0.0569. The molecule has 6 nitrogen and oxygen atoms in total. The van der Waals surface area contributed by atoms with Gasteiger partial charge < -0.3 is 9.64 Å². The van der Waals surface area contributed by atoms with E-state index in [1.165, 1.54) is 4.90 Å². The zero-order valence-corrected chi connectivity index (χ0v) is 21.2. The standard InChI is InChI=1S/C26H32F2N2O4S/c1-17(27)35(32,33)29-23-21(30(16-26(23)13-14-26)24(31)34-25(2,3)4)15-19-11-8-12-20(22(19)28)18-9-6-5-7-10-18/h5-12,17,21,23,29H,13-16H2,1-4H3. The van der Waals surface area contributed by atoms with E-state index in [2.05, 4.69) is 4.72 Å². The molecule has 190 valence electrons. The van der Waals surface area contributed by atoms with Gasteiger partial charge >= 0.3 is 6.09 Å². The summed E-state index contributed by atoms with van der Waals surface area (Å²) < 4.78 is 62.8. The van der Waals surface area contributed by atoms with Gasteiger partial charge in [0.05, 0.1) is 12.1 Å². The van der Waals surface area contributed by atoms with Crippen LogP contribution in [0.5, 0.6) is 0 Å². The molecule has 3 atom stereocenters. The number of ether oxygens (including phenoxy) is 1. The van der Waals surface area contributed by atoms with E-state index in [-0.39, 0.29) is 13.0 Å². The highest BCUT2D eigenvalue weighted by molar-refractivity contribution is 7.89. The number of amides is 1. The third-order valence-electron chi connectivity index (χ3n) is 6.76. The minimum atomic E-state index is -4.27. The summed E-state index contributed by atoms with van der Waals surface area (Å²) in [5.41, 5.74) is -1.92. The highest BCUT2D eigenvalue weighted by atomic mass is 32.2. The Morgan fingerprint density at radius 2 is 1.83 bits per heavy atom. The zero-order valence-electron chi connectivity index (χ0n) is 20.4. The zero-order chi connectivity index (χ0) is 25.6. The molecule has 1 amide bonds. The quantitative estimate of drug-likeness (QED) is 0.596. The summed E-state index contributed by atoms with van der Waals surface area (Å²) >= 11 is 0. The first-order chi connectivity index (χ1) is 16.3. The number of likely N-dealkylation sites (tertiary alicyclic amines) is 1. The number of rotatable bonds is 6. The largest absolute Gasteiger partial charge is 0.444 e. The lowest BCUT2D eigenvalue weighted by Crippen LogP contribution is -2.51. The predicted molar refractivity (Wildman–Crippen MR) is 130 cm³/mol. The number of sulfonamides is 1. The molecule has 0 radical (unpaired) electrons. The molecule has 2 fully saturated rings. The molecule has 1 spiro atoms. The van der Waals surface area contributed by atoms with Crippen molar-refractivity contribution in [2.24, 2.45) is 5.41 Å². The van der Waals surface area contributed by atoms with Gasteiger partial charge in [-0.25, -0.2) is 26.7 Å². The van der Waals surface area contributed by atoms with Crippen molar-refractivity contribution in [1.29, 1.82) is 0 Å². The summed E-state index contributed by atoms with van der Waals surface area (Å²) in [5, 5.41) is 0.